The Morgan fingerprint density at radius 2 is 1.96 bits per heavy atom. The normalized spacial score (nSPS) is 12.0. The number of halogens is 2. The number of hydrogen-bond donors (Lipinski definition) is 1. The number of aromatic nitrogens is 3. The molecule has 1 aromatic heterocycles. The zero-order valence-corrected chi connectivity index (χ0v) is 14.7. The predicted molar refractivity (Wildman–Crippen MR) is 95.0 cm³/mol. The molecule has 0 unspecified atom stereocenters. The molecule has 0 saturated heterocycles. The van der Waals surface area contributed by atoms with E-state index in [4.69, 9.17) is 0 Å². The number of nitrogens with one attached hydrogen (secondary N) is 1. The smallest absolute Gasteiger partial charge is 0.230 e. The molecule has 1 amide bonds. The van der Waals surface area contributed by atoms with Gasteiger partial charge in [0.05, 0.1) is 17.5 Å². The van der Waals surface area contributed by atoms with Crippen molar-refractivity contribution in [2.24, 2.45) is 0 Å². The summed E-state index contributed by atoms with van der Waals surface area (Å²) < 4.78 is 27.7. The van der Waals surface area contributed by atoms with Crippen molar-refractivity contribution in [2.45, 2.75) is 17.9 Å². The SMILES string of the molecule is C[C@@H](NC(=O)CSc1ccc(F)c(F)c1)c1ccc(-n2cncn2)cc1. The standard InChI is InChI=1S/C18H16F2N4OS/c1-12(13-2-4-14(5-3-13)24-11-21-10-22-24)23-18(25)9-26-15-6-7-16(19)17(20)8-15/h2-8,10-12H,9H2,1H3,(H,23,25)/t12-/m1/s1. The molecule has 0 fully saturated rings. The summed E-state index contributed by atoms with van der Waals surface area (Å²) in [5, 5.41) is 6.94. The molecule has 0 aliphatic carbocycles. The van der Waals surface area contributed by atoms with E-state index in [-0.39, 0.29) is 17.7 Å². The van der Waals surface area contributed by atoms with Gasteiger partial charge in [-0.1, -0.05) is 12.1 Å². The monoisotopic (exact) mass is 374 g/mol. The van der Waals surface area contributed by atoms with E-state index in [0.29, 0.717) is 4.90 Å². The van der Waals surface area contributed by atoms with Crippen LogP contribution < -0.4 is 5.32 Å². The summed E-state index contributed by atoms with van der Waals surface area (Å²) in [4.78, 5) is 16.5. The molecule has 8 heteroatoms. The number of carbonyl (C=O) groups excluding carboxylic acids is 1. The van der Waals surface area contributed by atoms with E-state index in [1.165, 1.54) is 12.4 Å². The second kappa shape index (κ2) is 8.09. The second-order valence-electron chi connectivity index (χ2n) is 5.59. The molecule has 26 heavy (non-hydrogen) atoms. The van der Waals surface area contributed by atoms with Crippen LogP contribution in [0.2, 0.25) is 0 Å². The van der Waals surface area contributed by atoms with Crippen molar-refractivity contribution in [2.75, 3.05) is 5.75 Å². The lowest BCUT2D eigenvalue weighted by molar-refractivity contribution is -0.119. The lowest BCUT2D eigenvalue weighted by atomic mass is 10.1. The van der Waals surface area contributed by atoms with Gasteiger partial charge in [-0.2, -0.15) is 5.10 Å². The maximum Gasteiger partial charge on any atom is 0.230 e. The van der Waals surface area contributed by atoms with Crippen molar-refractivity contribution < 1.29 is 13.6 Å². The van der Waals surface area contributed by atoms with Gasteiger partial charge >= 0.3 is 0 Å². The number of hydrogen-bond acceptors (Lipinski definition) is 4. The van der Waals surface area contributed by atoms with Crippen LogP contribution in [0, 0.1) is 11.6 Å². The highest BCUT2D eigenvalue weighted by Gasteiger charge is 2.11. The van der Waals surface area contributed by atoms with Gasteiger partial charge in [0.1, 0.15) is 12.7 Å². The maximum atomic E-state index is 13.2. The Morgan fingerprint density at radius 1 is 1.19 bits per heavy atom. The largest absolute Gasteiger partial charge is 0.349 e. The van der Waals surface area contributed by atoms with Crippen LogP contribution in [0.1, 0.15) is 18.5 Å². The lowest BCUT2D eigenvalue weighted by Crippen LogP contribution is -2.28. The fraction of sp³-hybridized carbons (Fsp3) is 0.167. The first-order valence-corrected chi connectivity index (χ1v) is 8.83. The van der Waals surface area contributed by atoms with Gasteiger partial charge < -0.3 is 5.32 Å². The Labute approximate surface area is 153 Å². The Bertz CT molecular complexity index is 885. The number of thioether (sulfide) groups is 1. The van der Waals surface area contributed by atoms with Crippen molar-refractivity contribution in [1.82, 2.24) is 20.1 Å². The van der Waals surface area contributed by atoms with Crippen LogP contribution in [0.3, 0.4) is 0 Å². The van der Waals surface area contributed by atoms with Crippen LogP contribution in [0.15, 0.2) is 60.0 Å². The summed E-state index contributed by atoms with van der Waals surface area (Å²) in [5.74, 6) is -1.89. The third-order valence-electron chi connectivity index (χ3n) is 3.71. The molecule has 0 spiro atoms. The Morgan fingerprint density at radius 3 is 2.62 bits per heavy atom. The molecule has 1 N–H and O–H groups in total. The fourth-order valence-corrected chi connectivity index (χ4v) is 3.07. The number of nitrogens with zero attached hydrogens (tertiary/aromatic N) is 3. The second-order valence-corrected chi connectivity index (χ2v) is 6.63. The minimum Gasteiger partial charge on any atom is -0.349 e. The van der Waals surface area contributed by atoms with Gasteiger partial charge in [0.15, 0.2) is 11.6 Å². The summed E-state index contributed by atoms with van der Waals surface area (Å²) >= 11 is 1.15. The van der Waals surface area contributed by atoms with Crippen molar-refractivity contribution in [1.29, 1.82) is 0 Å². The van der Waals surface area contributed by atoms with Crippen molar-refractivity contribution in [3.05, 3.63) is 72.3 Å². The molecule has 0 radical (unpaired) electrons. The molecule has 3 aromatic rings. The van der Waals surface area contributed by atoms with Gasteiger partial charge in [0, 0.05) is 4.90 Å². The van der Waals surface area contributed by atoms with Crippen LogP contribution in [0.25, 0.3) is 5.69 Å². The van der Waals surface area contributed by atoms with E-state index in [2.05, 4.69) is 15.4 Å². The zero-order chi connectivity index (χ0) is 18.5. The average Bonchev–Trinajstić information content (AvgIpc) is 3.17. The van der Waals surface area contributed by atoms with Crippen LogP contribution in [-0.2, 0) is 4.79 Å². The van der Waals surface area contributed by atoms with Gasteiger partial charge in [-0.05, 0) is 42.8 Å². The van der Waals surface area contributed by atoms with Gasteiger partial charge in [-0.3, -0.25) is 4.79 Å². The molecule has 134 valence electrons. The molecule has 0 saturated carbocycles. The highest BCUT2D eigenvalue weighted by atomic mass is 32.2. The van der Waals surface area contributed by atoms with Crippen LogP contribution in [-0.4, -0.2) is 26.4 Å². The molecular formula is C18H16F2N4OS. The summed E-state index contributed by atoms with van der Waals surface area (Å²) in [6.45, 7) is 1.88. The third kappa shape index (κ3) is 4.45. The molecule has 2 aromatic carbocycles. The molecule has 0 aliphatic heterocycles. The lowest BCUT2D eigenvalue weighted by Gasteiger charge is -2.15. The van der Waals surface area contributed by atoms with Gasteiger partial charge in [0.25, 0.3) is 0 Å². The topological polar surface area (TPSA) is 59.8 Å². The number of rotatable bonds is 6. The fourth-order valence-electron chi connectivity index (χ4n) is 2.34. The number of amides is 1. The van der Waals surface area contributed by atoms with Gasteiger partial charge in [-0.25, -0.2) is 18.4 Å². The molecule has 1 heterocycles. The predicted octanol–water partition coefficient (Wildman–Crippen LogP) is 3.52. The van der Waals surface area contributed by atoms with E-state index in [9.17, 15) is 13.6 Å². The van der Waals surface area contributed by atoms with E-state index in [1.807, 2.05) is 31.2 Å². The van der Waals surface area contributed by atoms with Crippen molar-refractivity contribution in [3.8, 4) is 5.69 Å². The van der Waals surface area contributed by atoms with E-state index in [1.54, 1.807) is 11.0 Å². The number of benzene rings is 2. The average molecular weight is 374 g/mol. The quantitative estimate of drug-likeness (QED) is 0.671. The minimum atomic E-state index is -0.920. The summed E-state index contributed by atoms with van der Waals surface area (Å²) in [6, 6.07) is 11.0. The minimum absolute atomic E-state index is 0.118. The van der Waals surface area contributed by atoms with E-state index in [0.717, 1.165) is 35.1 Å². The van der Waals surface area contributed by atoms with Crippen molar-refractivity contribution in [3.63, 3.8) is 0 Å². The Kier molecular flexibility index (Phi) is 5.62. The first-order valence-electron chi connectivity index (χ1n) is 7.85. The number of carbonyl (C=O) groups is 1. The van der Waals surface area contributed by atoms with Gasteiger partial charge in [-0.15, -0.1) is 11.8 Å². The van der Waals surface area contributed by atoms with Crippen LogP contribution in [0.5, 0.6) is 0 Å². The molecule has 5 nitrogen and oxygen atoms in total. The molecule has 3 rings (SSSR count). The summed E-state index contributed by atoms with van der Waals surface area (Å²) in [6.07, 6.45) is 3.07. The van der Waals surface area contributed by atoms with Crippen LogP contribution in [0.4, 0.5) is 8.78 Å². The first-order chi connectivity index (χ1) is 12.5. The van der Waals surface area contributed by atoms with Gasteiger partial charge in [0.2, 0.25) is 5.91 Å². The zero-order valence-electron chi connectivity index (χ0n) is 13.9. The molecular weight excluding hydrogens is 358 g/mol. The molecule has 1 atom stereocenters. The summed E-state index contributed by atoms with van der Waals surface area (Å²) in [5.41, 5.74) is 1.82. The van der Waals surface area contributed by atoms with E-state index < -0.39 is 11.6 Å². The van der Waals surface area contributed by atoms with Crippen LogP contribution >= 0.6 is 11.8 Å². The first kappa shape index (κ1) is 18.1. The Balaban J connectivity index is 1.54. The maximum absolute atomic E-state index is 13.2. The van der Waals surface area contributed by atoms with Crippen molar-refractivity contribution >= 4 is 17.7 Å². The Hall–Kier alpha value is -2.74. The van der Waals surface area contributed by atoms with E-state index >= 15 is 0 Å². The highest BCUT2D eigenvalue weighted by Crippen LogP contribution is 2.21. The third-order valence-corrected chi connectivity index (χ3v) is 4.71. The molecule has 0 bridgehead atoms. The highest BCUT2D eigenvalue weighted by molar-refractivity contribution is 8.00. The summed E-state index contributed by atoms with van der Waals surface area (Å²) in [7, 11) is 0. The molecule has 0 aliphatic rings.